The molecule has 0 aromatic heterocycles. The molecule has 0 amide bonds. The van der Waals surface area contributed by atoms with Crippen molar-refractivity contribution < 1.29 is 9.47 Å². The summed E-state index contributed by atoms with van der Waals surface area (Å²) in [6, 6.07) is 15.6. The van der Waals surface area contributed by atoms with Gasteiger partial charge in [-0.1, -0.05) is 47.5 Å². The maximum absolute atomic E-state index is 6.50. The molecule has 0 saturated heterocycles. The van der Waals surface area contributed by atoms with Gasteiger partial charge in [-0.05, 0) is 62.8 Å². The molecule has 0 fully saturated rings. The monoisotopic (exact) mass is 463 g/mol. The number of halogens is 2. The summed E-state index contributed by atoms with van der Waals surface area (Å²) in [4.78, 5) is 0. The Balaban J connectivity index is 1.85. The Kier molecular flexibility index (Phi) is 4.99. The lowest BCUT2D eigenvalue weighted by Crippen LogP contribution is -2.32. The third-order valence-electron chi connectivity index (χ3n) is 5.85. The number of nitrogens with one attached hydrogen (secondary N) is 1. The molecule has 2 aliphatic heterocycles. The largest absolute Gasteiger partial charge is 0.496 e. The summed E-state index contributed by atoms with van der Waals surface area (Å²) in [6.45, 7) is 6.46. The summed E-state index contributed by atoms with van der Waals surface area (Å²) in [5.41, 5.74) is 6.91. The van der Waals surface area contributed by atoms with E-state index < -0.39 is 0 Å². The fourth-order valence-electron chi connectivity index (χ4n) is 4.66. The second kappa shape index (κ2) is 7.61. The van der Waals surface area contributed by atoms with Crippen LogP contribution >= 0.6 is 23.2 Å². The first-order chi connectivity index (χ1) is 15.3. The number of allylic oxidation sites excluding steroid dienone is 1. The first-order valence-corrected chi connectivity index (χ1v) is 11.2. The molecule has 0 bridgehead atoms. The van der Waals surface area contributed by atoms with Crippen LogP contribution in [0.15, 0.2) is 54.6 Å². The van der Waals surface area contributed by atoms with Gasteiger partial charge >= 0.3 is 0 Å². The van der Waals surface area contributed by atoms with Crippen LogP contribution in [0.25, 0.3) is 28.5 Å². The van der Waals surface area contributed by atoms with E-state index in [9.17, 15) is 0 Å². The lowest BCUT2D eigenvalue weighted by atomic mass is 9.83. The molecule has 5 heteroatoms. The standard InChI is InChI=1S/C27H23Cl2NO2/c1-15-14-27(2,3)30-20-12-11-16-25-21(31-4)9-6-10-22(25)32-23(26(16)24(15)20)13-17-18(28)7-5-8-19(17)29/h5-14,30H,1-4H3/b23-13+. The van der Waals surface area contributed by atoms with Crippen LogP contribution in [0, 0.1) is 0 Å². The van der Waals surface area contributed by atoms with Crippen molar-refractivity contribution in [1.29, 1.82) is 0 Å². The molecule has 1 N–H and O–H groups in total. The maximum atomic E-state index is 6.50. The molecule has 162 valence electrons. The quantitative estimate of drug-likeness (QED) is 0.415. The van der Waals surface area contributed by atoms with Crippen LogP contribution in [0.5, 0.6) is 11.5 Å². The van der Waals surface area contributed by atoms with Crippen LogP contribution in [0.2, 0.25) is 10.0 Å². The van der Waals surface area contributed by atoms with Gasteiger partial charge in [0.25, 0.3) is 0 Å². The first-order valence-electron chi connectivity index (χ1n) is 10.5. The van der Waals surface area contributed by atoms with E-state index in [0.29, 0.717) is 15.8 Å². The van der Waals surface area contributed by atoms with Gasteiger partial charge in [-0.15, -0.1) is 0 Å². The number of methoxy groups -OCH3 is 1. The van der Waals surface area contributed by atoms with Crippen LogP contribution < -0.4 is 14.8 Å². The molecular weight excluding hydrogens is 441 g/mol. The number of anilines is 1. The molecule has 3 nitrogen and oxygen atoms in total. The predicted molar refractivity (Wildman–Crippen MR) is 135 cm³/mol. The summed E-state index contributed by atoms with van der Waals surface area (Å²) in [5, 5.41) is 4.78. The third-order valence-corrected chi connectivity index (χ3v) is 6.51. The Morgan fingerprint density at radius 2 is 1.66 bits per heavy atom. The van der Waals surface area contributed by atoms with E-state index in [1.807, 2.05) is 42.5 Å². The van der Waals surface area contributed by atoms with Crippen molar-refractivity contribution in [2.24, 2.45) is 0 Å². The number of rotatable bonds is 2. The van der Waals surface area contributed by atoms with Crippen molar-refractivity contribution in [3.05, 3.63) is 81.3 Å². The van der Waals surface area contributed by atoms with Gasteiger partial charge in [0, 0.05) is 38.0 Å². The van der Waals surface area contributed by atoms with Gasteiger partial charge in [0.2, 0.25) is 0 Å². The molecule has 2 aliphatic rings. The highest BCUT2D eigenvalue weighted by molar-refractivity contribution is 6.37. The minimum Gasteiger partial charge on any atom is -0.496 e. The highest BCUT2D eigenvalue weighted by atomic mass is 35.5. The Morgan fingerprint density at radius 3 is 2.38 bits per heavy atom. The van der Waals surface area contributed by atoms with Gasteiger partial charge in [0.1, 0.15) is 17.3 Å². The molecule has 0 saturated carbocycles. The summed E-state index contributed by atoms with van der Waals surface area (Å²) in [6.07, 6.45) is 4.17. The van der Waals surface area contributed by atoms with Crippen molar-refractivity contribution >= 4 is 46.3 Å². The van der Waals surface area contributed by atoms with Crippen LogP contribution in [0.4, 0.5) is 5.69 Å². The number of ether oxygens (including phenoxy) is 2. The molecule has 5 rings (SSSR count). The SMILES string of the molecule is COc1cccc2c1-c1ccc3c(c1/C(=C\c1c(Cl)cccc1Cl)O2)C(C)=CC(C)(C)N3. The average Bonchev–Trinajstić information content (AvgIpc) is 2.74. The Morgan fingerprint density at radius 1 is 0.938 bits per heavy atom. The van der Waals surface area contributed by atoms with Gasteiger partial charge in [-0.25, -0.2) is 0 Å². The Labute approximate surface area is 198 Å². The second-order valence-electron chi connectivity index (χ2n) is 8.66. The molecular formula is C27H23Cl2NO2. The summed E-state index contributed by atoms with van der Waals surface area (Å²) < 4.78 is 12.2. The Bertz CT molecular complexity index is 1300. The van der Waals surface area contributed by atoms with Gasteiger partial charge in [-0.3, -0.25) is 0 Å². The van der Waals surface area contributed by atoms with Crippen LogP contribution in [0.1, 0.15) is 37.5 Å². The molecule has 3 aromatic carbocycles. The molecule has 0 atom stereocenters. The van der Waals surface area contributed by atoms with Crippen molar-refractivity contribution in [3.63, 3.8) is 0 Å². The average molecular weight is 464 g/mol. The third kappa shape index (κ3) is 3.37. The van der Waals surface area contributed by atoms with Crippen LogP contribution in [0.3, 0.4) is 0 Å². The molecule has 0 unspecified atom stereocenters. The van der Waals surface area contributed by atoms with Crippen molar-refractivity contribution in [3.8, 4) is 22.6 Å². The topological polar surface area (TPSA) is 30.5 Å². The van der Waals surface area contributed by atoms with E-state index in [0.717, 1.165) is 45.0 Å². The van der Waals surface area contributed by atoms with Gasteiger partial charge < -0.3 is 14.8 Å². The highest BCUT2D eigenvalue weighted by Gasteiger charge is 2.32. The van der Waals surface area contributed by atoms with Crippen molar-refractivity contribution in [1.82, 2.24) is 0 Å². The second-order valence-corrected chi connectivity index (χ2v) is 9.48. The minimum absolute atomic E-state index is 0.146. The maximum Gasteiger partial charge on any atom is 0.139 e. The van der Waals surface area contributed by atoms with Gasteiger partial charge in [0.15, 0.2) is 0 Å². The molecule has 0 radical (unpaired) electrons. The fourth-order valence-corrected chi connectivity index (χ4v) is 5.17. The van der Waals surface area contributed by atoms with Crippen molar-refractivity contribution in [2.75, 3.05) is 12.4 Å². The minimum atomic E-state index is -0.146. The first kappa shape index (κ1) is 21.0. The van der Waals surface area contributed by atoms with Crippen LogP contribution in [-0.4, -0.2) is 12.6 Å². The zero-order valence-electron chi connectivity index (χ0n) is 18.3. The fraction of sp³-hybridized carbons (Fsp3) is 0.185. The molecule has 0 aliphatic carbocycles. The Hall–Kier alpha value is -2.88. The number of hydrogen-bond acceptors (Lipinski definition) is 3. The summed E-state index contributed by atoms with van der Waals surface area (Å²) in [5.74, 6) is 2.20. The molecule has 2 heterocycles. The van der Waals surface area contributed by atoms with E-state index in [2.05, 4.69) is 44.3 Å². The van der Waals surface area contributed by atoms with E-state index in [1.165, 1.54) is 5.57 Å². The van der Waals surface area contributed by atoms with Gasteiger partial charge in [0.05, 0.1) is 18.2 Å². The van der Waals surface area contributed by atoms with E-state index in [-0.39, 0.29) is 5.54 Å². The highest BCUT2D eigenvalue weighted by Crippen LogP contribution is 2.52. The molecule has 3 aromatic rings. The summed E-state index contributed by atoms with van der Waals surface area (Å²) in [7, 11) is 1.68. The van der Waals surface area contributed by atoms with Gasteiger partial charge in [-0.2, -0.15) is 0 Å². The van der Waals surface area contributed by atoms with Crippen LogP contribution in [-0.2, 0) is 0 Å². The zero-order chi connectivity index (χ0) is 22.6. The summed E-state index contributed by atoms with van der Waals surface area (Å²) >= 11 is 13.0. The molecule has 32 heavy (non-hydrogen) atoms. The van der Waals surface area contributed by atoms with E-state index in [1.54, 1.807) is 7.11 Å². The van der Waals surface area contributed by atoms with E-state index >= 15 is 0 Å². The molecule has 0 spiro atoms. The zero-order valence-corrected chi connectivity index (χ0v) is 19.9. The predicted octanol–water partition coefficient (Wildman–Crippen LogP) is 8.17. The number of hydrogen-bond donors (Lipinski definition) is 1. The smallest absolute Gasteiger partial charge is 0.139 e. The normalized spacial score (nSPS) is 16.8. The van der Waals surface area contributed by atoms with Crippen molar-refractivity contribution in [2.45, 2.75) is 26.3 Å². The lowest BCUT2D eigenvalue weighted by Gasteiger charge is -2.35. The number of benzene rings is 3. The lowest BCUT2D eigenvalue weighted by molar-refractivity contribution is 0.412. The number of fused-ring (bicyclic) bond motifs is 5. The van der Waals surface area contributed by atoms with E-state index in [4.69, 9.17) is 32.7 Å².